The highest BCUT2D eigenvalue weighted by molar-refractivity contribution is 6.02. The molecule has 0 spiro atoms. The van der Waals surface area contributed by atoms with E-state index in [4.69, 9.17) is 9.47 Å². The van der Waals surface area contributed by atoms with Crippen molar-refractivity contribution in [2.45, 2.75) is 44.2 Å². The first kappa shape index (κ1) is 20.7. The van der Waals surface area contributed by atoms with E-state index >= 15 is 0 Å². The zero-order valence-corrected chi connectivity index (χ0v) is 16.8. The van der Waals surface area contributed by atoms with Crippen molar-refractivity contribution in [1.82, 2.24) is 4.90 Å². The number of Topliss-reactive ketones (excluding diaryl/α,β-unsaturated/α-hetero) is 1. The lowest BCUT2D eigenvalue weighted by Crippen LogP contribution is -2.46. The molecule has 2 aromatic rings. The standard InChI is InChI=1S/C23H27NO5/c1-28-19-12-8-16(9-13-19)21(22(25)17-10-14-20(29-2)15-11-17)24(23(26)27)18-6-4-3-5-7-18/h8-15,18,21H,3-7H2,1-2H3,(H,26,27). The highest BCUT2D eigenvalue weighted by atomic mass is 16.5. The van der Waals surface area contributed by atoms with E-state index in [0.717, 1.165) is 32.1 Å². The zero-order chi connectivity index (χ0) is 20.8. The zero-order valence-electron chi connectivity index (χ0n) is 16.8. The summed E-state index contributed by atoms with van der Waals surface area (Å²) in [5.41, 5.74) is 1.09. The van der Waals surface area contributed by atoms with Crippen LogP contribution in [0.25, 0.3) is 0 Å². The Morgan fingerprint density at radius 1 is 0.897 bits per heavy atom. The molecule has 1 N–H and O–H groups in total. The van der Waals surface area contributed by atoms with E-state index in [1.165, 1.54) is 4.90 Å². The SMILES string of the molecule is COc1ccc(C(=O)C(c2ccc(OC)cc2)N(C(=O)O)C2CCCCC2)cc1. The van der Waals surface area contributed by atoms with E-state index in [1.54, 1.807) is 62.8 Å². The van der Waals surface area contributed by atoms with Crippen molar-refractivity contribution in [3.8, 4) is 11.5 Å². The molecule has 29 heavy (non-hydrogen) atoms. The largest absolute Gasteiger partial charge is 0.497 e. The topological polar surface area (TPSA) is 76.1 Å². The average molecular weight is 397 g/mol. The molecule has 6 nitrogen and oxygen atoms in total. The highest BCUT2D eigenvalue weighted by Gasteiger charge is 2.37. The van der Waals surface area contributed by atoms with Gasteiger partial charge in [0.1, 0.15) is 17.5 Å². The number of carboxylic acid groups (broad SMARTS) is 1. The summed E-state index contributed by atoms with van der Waals surface area (Å²) in [4.78, 5) is 27.2. The maximum atomic E-state index is 13.5. The normalized spacial score (nSPS) is 15.4. The number of nitrogens with zero attached hydrogens (tertiary/aromatic N) is 1. The number of hydrogen-bond acceptors (Lipinski definition) is 4. The van der Waals surface area contributed by atoms with Crippen molar-refractivity contribution in [3.05, 3.63) is 59.7 Å². The molecule has 1 aliphatic rings. The summed E-state index contributed by atoms with van der Waals surface area (Å²) in [6.45, 7) is 0. The summed E-state index contributed by atoms with van der Waals surface area (Å²) in [7, 11) is 3.13. The summed E-state index contributed by atoms with van der Waals surface area (Å²) >= 11 is 0. The van der Waals surface area contributed by atoms with Crippen LogP contribution in [0.5, 0.6) is 11.5 Å². The van der Waals surface area contributed by atoms with Gasteiger partial charge in [0.25, 0.3) is 0 Å². The van der Waals surface area contributed by atoms with Crippen LogP contribution in [0.15, 0.2) is 48.5 Å². The first-order chi connectivity index (χ1) is 14.0. The van der Waals surface area contributed by atoms with Crippen LogP contribution < -0.4 is 9.47 Å². The summed E-state index contributed by atoms with van der Waals surface area (Å²) in [5.74, 6) is 1.06. The Morgan fingerprint density at radius 2 is 1.41 bits per heavy atom. The maximum Gasteiger partial charge on any atom is 0.408 e. The second-order valence-electron chi connectivity index (χ2n) is 7.25. The van der Waals surface area contributed by atoms with Crippen LogP contribution in [0.4, 0.5) is 4.79 Å². The highest BCUT2D eigenvalue weighted by Crippen LogP contribution is 2.34. The van der Waals surface area contributed by atoms with Crippen molar-refractivity contribution in [2.24, 2.45) is 0 Å². The number of hydrogen-bond donors (Lipinski definition) is 1. The monoisotopic (exact) mass is 397 g/mol. The fraction of sp³-hybridized carbons (Fsp3) is 0.391. The van der Waals surface area contributed by atoms with Crippen LogP contribution in [0.1, 0.15) is 54.1 Å². The molecule has 0 radical (unpaired) electrons. The van der Waals surface area contributed by atoms with Gasteiger partial charge in [-0.3, -0.25) is 9.69 Å². The van der Waals surface area contributed by atoms with Gasteiger partial charge >= 0.3 is 6.09 Å². The lowest BCUT2D eigenvalue weighted by atomic mass is 9.89. The van der Waals surface area contributed by atoms with Gasteiger partial charge in [-0.2, -0.15) is 0 Å². The van der Waals surface area contributed by atoms with Gasteiger partial charge in [-0.25, -0.2) is 4.79 Å². The number of carbonyl (C=O) groups excluding carboxylic acids is 1. The Kier molecular flexibility index (Phi) is 6.75. The minimum absolute atomic E-state index is 0.171. The van der Waals surface area contributed by atoms with Gasteiger partial charge in [0, 0.05) is 11.6 Å². The Bertz CT molecular complexity index is 825. The molecule has 3 rings (SSSR count). The minimum Gasteiger partial charge on any atom is -0.497 e. The summed E-state index contributed by atoms with van der Waals surface area (Å²) in [6, 6.07) is 12.7. The van der Waals surface area contributed by atoms with E-state index < -0.39 is 12.1 Å². The van der Waals surface area contributed by atoms with Crippen LogP contribution >= 0.6 is 0 Å². The number of rotatable bonds is 7. The molecule has 1 aliphatic carbocycles. The van der Waals surface area contributed by atoms with Crippen molar-refractivity contribution in [1.29, 1.82) is 0 Å². The van der Waals surface area contributed by atoms with Crippen molar-refractivity contribution in [2.75, 3.05) is 14.2 Å². The molecule has 1 unspecified atom stereocenters. The van der Waals surface area contributed by atoms with Crippen LogP contribution in [0.2, 0.25) is 0 Å². The van der Waals surface area contributed by atoms with E-state index in [9.17, 15) is 14.7 Å². The van der Waals surface area contributed by atoms with E-state index in [2.05, 4.69) is 0 Å². The molecule has 1 amide bonds. The third-order valence-corrected chi connectivity index (χ3v) is 5.52. The molecule has 154 valence electrons. The lowest BCUT2D eigenvalue weighted by Gasteiger charge is -2.37. The Hall–Kier alpha value is -3.02. The average Bonchev–Trinajstić information content (AvgIpc) is 2.77. The smallest absolute Gasteiger partial charge is 0.408 e. The summed E-state index contributed by atoms with van der Waals surface area (Å²) in [6.07, 6.45) is 3.52. The number of methoxy groups -OCH3 is 2. The van der Waals surface area contributed by atoms with E-state index in [0.29, 0.717) is 22.6 Å². The van der Waals surface area contributed by atoms with Crippen LogP contribution in [0.3, 0.4) is 0 Å². The predicted molar refractivity (Wildman–Crippen MR) is 110 cm³/mol. The molecule has 0 saturated heterocycles. The Labute approximate surface area is 171 Å². The molecular weight excluding hydrogens is 370 g/mol. The fourth-order valence-electron chi connectivity index (χ4n) is 3.97. The molecular formula is C23H27NO5. The third-order valence-electron chi connectivity index (χ3n) is 5.52. The van der Waals surface area contributed by atoms with Crippen molar-refractivity contribution < 1.29 is 24.2 Å². The van der Waals surface area contributed by atoms with Gasteiger partial charge in [0.15, 0.2) is 5.78 Å². The van der Waals surface area contributed by atoms with Gasteiger partial charge in [-0.1, -0.05) is 31.4 Å². The third kappa shape index (κ3) is 4.70. The molecule has 0 bridgehead atoms. The van der Waals surface area contributed by atoms with Crippen molar-refractivity contribution in [3.63, 3.8) is 0 Å². The lowest BCUT2D eigenvalue weighted by molar-refractivity contribution is 0.0626. The molecule has 2 aromatic carbocycles. The van der Waals surface area contributed by atoms with Crippen LogP contribution in [-0.2, 0) is 0 Å². The van der Waals surface area contributed by atoms with Gasteiger partial charge in [-0.15, -0.1) is 0 Å². The minimum atomic E-state index is -1.07. The van der Waals surface area contributed by atoms with Gasteiger partial charge < -0.3 is 14.6 Å². The van der Waals surface area contributed by atoms with Gasteiger partial charge in [0.2, 0.25) is 0 Å². The summed E-state index contributed by atoms with van der Waals surface area (Å²) < 4.78 is 10.4. The second kappa shape index (κ2) is 9.45. The van der Waals surface area contributed by atoms with Gasteiger partial charge in [-0.05, 0) is 54.8 Å². The first-order valence-corrected chi connectivity index (χ1v) is 9.88. The fourth-order valence-corrected chi connectivity index (χ4v) is 3.97. The first-order valence-electron chi connectivity index (χ1n) is 9.88. The van der Waals surface area contributed by atoms with Gasteiger partial charge in [0.05, 0.1) is 14.2 Å². The summed E-state index contributed by atoms with van der Waals surface area (Å²) in [5, 5.41) is 10.1. The number of benzene rings is 2. The molecule has 0 aliphatic heterocycles. The number of ketones is 1. The molecule has 1 atom stereocenters. The van der Waals surface area contributed by atoms with E-state index in [1.807, 2.05) is 0 Å². The van der Waals surface area contributed by atoms with Crippen molar-refractivity contribution >= 4 is 11.9 Å². The predicted octanol–water partition coefficient (Wildman–Crippen LogP) is 4.94. The molecule has 0 aromatic heterocycles. The van der Waals surface area contributed by atoms with Crippen LogP contribution in [0, 0.1) is 0 Å². The second-order valence-corrected chi connectivity index (χ2v) is 7.25. The molecule has 1 saturated carbocycles. The Balaban J connectivity index is 2.02. The number of carbonyl (C=O) groups is 2. The quantitative estimate of drug-likeness (QED) is 0.670. The Morgan fingerprint density at radius 3 is 1.90 bits per heavy atom. The number of ether oxygens (including phenoxy) is 2. The molecule has 0 heterocycles. The van der Waals surface area contributed by atoms with E-state index in [-0.39, 0.29) is 11.8 Å². The van der Waals surface area contributed by atoms with Crippen LogP contribution in [-0.4, -0.2) is 42.1 Å². The maximum absolute atomic E-state index is 13.5. The number of amides is 1. The molecule has 1 fully saturated rings. The molecule has 6 heteroatoms.